The summed E-state index contributed by atoms with van der Waals surface area (Å²) in [5.41, 5.74) is 0.479. The monoisotopic (exact) mass is 221 g/mol. The highest BCUT2D eigenvalue weighted by Gasteiger charge is 2.13. The zero-order valence-electron chi connectivity index (χ0n) is 9.61. The van der Waals surface area contributed by atoms with Crippen LogP contribution in [-0.4, -0.2) is 24.8 Å². The van der Waals surface area contributed by atoms with Crippen molar-refractivity contribution in [3.63, 3.8) is 0 Å². The topological polar surface area (TPSA) is 55.4 Å². The predicted octanol–water partition coefficient (Wildman–Crippen LogP) is 1.40. The van der Waals surface area contributed by atoms with E-state index in [-0.39, 0.29) is 11.7 Å². The van der Waals surface area contributed by atoms with E-state index in [1.807, 2.05) is 0 Å². The number of carbonyl (C=O) groups is 2. The van der Waals surface area contributed by atoms with Crippen molar-refractivity contribution in [1.82, 2.24) is 5.32 Å². The Morgan fingerprint density at radius 2 is 2.06 bits per heavy atom. The van der Waals surface area contributed by atoms with E-state index in [2.05, 4.69) is 5.32 Å². The molecule has 4 heteroatoms. The molecule has 1 unspecified atom stereocenters. The summed E-state index contributed by atoms with van der Waals surface area (Å²) in [6.07, 6.45) is 0. The minimum Gasteiger partial charge on any atom is -0.497 e. The fourth-order valence-corrected chi connectivity index (χ4v) is 1.15. The lowest BCUT2D eigenvalue weighted by Gasteiger charge is -2.10. The molecule has 16 heavy (non-hydrogen) atoms. The van der Waals surface area contributed by atoms with Crippen LogP contribution in [0.2, 0.25) is 0 Å². The second-order valence-corrected chi connectivity index (χ2v) is 3.54. The molecule has 0 radical (unpaired) electrons. The number of methoxy groups -OCH3 is 1. The number of hydrogen-bond acceptors (Lipinski definition) is 3. The molecular weight excluding hydrogens is 206 g/mol. The molecule has 0 aromatic heterocycles. The lowest BCUT2D eigenvalue weighted by atomic mass is 10.1. The molecule has 86 valence electrons. The minimum atomic E-state index is -0.473. The number of rotatable bonds is 4. The van der Waals surface area contributed by atoms with Crippen LogP contribution < -0.4 is 10.1 Å². The normalized spacial score (nSPS) is 11.7. The highest BCUT2D eigenvalue weighted by atomic mass is 16.5. The largest absolute Gasteiger partial charge is 0.497 e. The van der Waals surface area contributed by atoms with Crippen molar-refractivity contribution in [1.29, 1.82) is 0 Å². The third-order valence-electron chi connectivity index (χ3n) is 2.29. The number of benzene rings is 1. The molecular formula is C12H15NO3. The zero-order valence-corrected chi connectivity index (χ0v) is 9.61. The van der Waals surface area contributed by atoms with Gasteiger partial charge in [0.2, 0.25) is 0 Å². The first kappa shape index (κ1) is 12.2. The van der Waals surface area contributed by atoms with E-state index in [1.54, 1.807) is 31.2 Å². The Hall–Kier alpha value is -1.84. The Bertz CT molecular complexity index is 401. The van der Waals surface area contributed by atoms with Crippen LogP contribution >= 0.6 is 0 Å². The molecule has 1 rings (SSSR count). The van der Waals surface area contributed by atoms with Crippen LogP contribution in [0.1, 0.15) is 24.2 Å². The lowest BCUT2D eigenvalue weighted by Crippen LogP contribution is -2.37. The SMILES string of the molecule is COc1cccc(C(=O)NC(C)C(C)=O)c1. The van der Waals surface area contributed by atoms with Gasteiger partial charge in [-0.1, -0.05) is 6.07 Å². The molecule has 0 saturated carbocycles. The van der Waals surface area contributed by atoms with Gasteiger partial charge >= 0.3 is 0 Å². The summed E-state index contributed by atoms with van der Waals surface area (Å²) in [5.74, 6) is 0.265. The third-order valence-corrected chi connectivity index (χ3v) is 2.29. The van der Waals surface area contributed by atoms with Gasteiger partial charge in [-0.15, -0.1) is 0 Å². The molecule has 0 spiro atoms. The summed E-state index contributed by atoms with van der Waals surface area (Å²) in [6.45, 7) is 3.09. The van der Waals surface area contributed by atoms with Gasteiger partial charge in [0.05, 0.1) is 13.2 Å². The highest BCUT2D eigenvalue weighted by molar-refractivity contribution is 5.97. The van der Waals surface area contributed by atoms with Gasteiger partial charge in [0.25, 0.3) is 5.91 Å². The third kappa shape index (κ3) is 3.08. The maximum Gasteiger partial charge on any atom is 0.251 e. The molecule has 0 aliphatic rings. The Morgan fingerprint density at radius 3 is 2.62 bits per heavy atom. The molecule has 1 atom stereocenters. The molecule has 1 N–H and O–H groups in total. The van der Waals surface area contributed by atoms with Gasteiger partial charge in [0.15, 0.2) is 5.78 Å². The van der Waals surface area contributed by atoms with E-state index in [0.29, 0.717) is 11.3 Å². The molecule has 0 bridgehead atoms. The number of carbonyl (C=O) groups excluding carboxylic acids is 2. The van der Waals surface area contributed by atoms with Crippen molar-refractivity contribution < 1.29 is 14.3 Å². The van der Waals surface area contributed by atoms with Gasteiger partial charge in [-0.05, 0) is 32.0 Å². The molecule has 1 aromatic carbocycles. The van der Waals surface area contributed by atoms with E-state index >= 15 is 0 Å². The Balaban J connectivity index is 2.76. The summed E-state index contributed by atoms with van der Waals surface area (Å²) in [4.78, 5) is 22.7. The molecule has 0 aliphatic heterocycles. The molecule has 1 amide bonds. The lowest BCUT2D eigenvalue weighted by molar-refractivity contribution is -0.118. The zero-order chi connectivity index (χ0) is 12.1. The standard InChI is InChI=1S/C12H15NO3/c1-8(9(2)14)13-12(15)10-5-4-6-11(7-10)16-3/h4-8H,1-3H3,(H,13,15). The highest BCUT2D eigenvalue weighted by Crippen LogP contribution is 2.12. The summed E-state index contributed by atoms with van der Waals surface area (Å²) in [5, 5.41) is 2.60. The van der Waals surface area contributed by atoms with Crippen molar-refractivity contribution in [3.05, 3.63) is 29.8 Å². The predicted molar refractivity (Wildman–Crippen MR) is 60.6 cm³/mol. The van der Waals surface area contributed by atoms with Crippen LogP contribution in [0.5, 0.6) is 5.75 Å². The Morgan fingerprint density at radius 1 is 1.38 bits per heavy atom. The quantitative estimate of drug-likeness (QED) is 0.836. The Labute approximate surface area is 94.6 Å². The van der Waals surface area contributed by atoms with Crippen LogP contribution in [0.4, 0.5) is 0 Å². The van der Waals surface area contributed by atoms with E-state index in [9.17, 15) is 9.59 Å². The maximum absolute atomic E-state index is 11.7. The average Bonchev–Trinajstić information content (AvgIpc) is 2.28. The number of ketones is 1. The summed E-state index contributed by atoms with van der Waals surface area (Å²) >= 11 is 0. The number of nitrogens with one attached hydrogen (secondary N) is 1. The molecule has 0 fully saturated rings. The first-order valence-electron chi connectivity index (χ1n) is 5.00. The number of Topliss-reactive ketones (excluding diaryl/α,β-unsaturated/α-hetero) is 1. The number of ether oxygens (including phenoxy) is 1. The van der Waals surface area contributed by atoms with Crippen molar-refractivity contribution in [3.8, 4) is 5.75 Å². The maximum atomic E-state index is 11.7. The summed E-state index contributed by atoms with van der Waals surface area (Å²) < 4.78 is 5.01. The van der Waals surface area contributed by atoms with Crippen LogP contribution in [0.3, 0.4) is 0 Å². The summed E-state index contributed by atoms with van der Waals surface area (Å²) in [7, 11) is 1.54. The average molecular weight is 221 g/mol. The summed E-state index contributed by atoms with van der Waals surface area (Å²) in [6, 6.07) is 6.31. The van der Waals surface area contributed by atoms with Crippen molar-refractivity contribution in [2.24, 2.45) is 0 Å². The van der Waals surface area contributed by atoms with Gasteiger partial charge in [0, 0.05) is 5.56 Å². The Kier molecular flexibility index (Phi) is 4.05. The van der Waals surface area contributed by atoms with E-state index < -0.39 is 6.04 Å². The van der Waals surface area contributed by atoms with Crippen LogP contribution in [0.25, 0.3) is 0 Å². The molecule has 4 nitrogen and oxygen atoms in total. The van der Waals surface area contributed by atoms with E-state index in [1.165, 1.54) is 14.0 Å². The minimum absolute atomic E-state index is 0.0729. The first-order valence-corrected chi connectivity index (χ1v) is 5.00. The van der Waals surface area contributed by atoms with Crippen LogP contribution in [0, 0.1) is 0 Å². The molecule has 0 aliphatic carbocycles. The van der Waals surface area contributed by atoms with Crippen molar-refractivity contribution in [2.45, 2.75) is 19.9 Å². The van der Waals surface area contributed by atoms with Crippen molar-refractivity contribution >= 4 is 11.7 Å². The van der Waals surface area contributed by atoms with Gasteiger partial charge in [-0.2, -0.15) is 0 Å². The number of hydrogen-bond donors (Lipinski definition) is 1. The fourth-order valence-electron chi connectivity index (χ4n) is 1.15. The second-order valence-electron chi connectivity index (χ2n) is 3.54. The molecule has 1 aromatic rings. The van der Waals surface area contributed by atoms with E-state index in [0.717, 1.165) is 0 Å². The van der Waals surface area contributed by atoms with Gasteiger partial charge in [-0.25, -0.2) is 0 Å². The fraction of sp³-hybridized carbons (Fsp3) is 0.333. The second kappa shape index (κ2) is 5.30. The smallest absolute Gasteiger partial charge is 0.251 e. The van der Waals surface area contributed by atoms with Crippen molar-refractivity contribution in [2.75, 3.05) is 7.11 Å². The number of amides is 1. The van der Waals surface area contributed by atoms with Gasteiger partial charge in [-0.3, -0.25) is 9.59 Å². The van der Waals surface area contributed by atoms with Crippen LogP contribution in [0.15, 0.2) is 24.3 Å². The molecule has 0 saturated heterocycles. The van der Waals surface area contributed by atoms with Crippen LogP contribution in [-0.2, 0) is 4.79 Å². The van der Waals surface area contributed by atoms with Gasteiger partial charge in [0.1, 0.15) is 5.75 Å². The molecule has 0 heterocycles. The first-order chi connectivity index (χ1) is 7.54. The van der Waals surface area contributed by atoms with Gasteiger partial charge < -0.3 is 10.1 Å². The van der Waals surface area contributed by atoms with E-state index in [4.69, 9.17) is 4.74 Å².